The summed E-state index contributed by atoms with van der Waals surface area (Å²) in [4.78, 5) is 23.4. The monoisotopic (exact) mass is 356 g/mol. The second kappa shape index (κ2) is 17.8. The van der Waals surface area contributed by atoms with E-state index in [4.69, 9.17) is 9.47 Å². The third-order valence-electron chi connectivity index (χ3n) is 4.40. The normalized spacial score (nSPS) is 10.9. The second-order valence-corrected chi connectivity index (χ2v) is 6.97. The van der Waals surface area contributed by atoms with Gasteiger partial charge in [-0.15, -0.1) is 0 Å². The average molecular weight is 357 g/mol. The number of ether oxygens (including phenoxy) is 2. The molecule has 0 fully saturated rings. The minimum absolute atomic E-state index is 0.194. The molecule has 148 valence electrons. The van der Waals surface area contributed by atoms with Crippen molar-refractivity contribution in [2.75, 3.05) is 13.2 Å². The topological polar surface area (TPSA) is 52.6 Å². The van der Waals surface area contributed by atoms with Crippen LogP contribution in [0.1, 0.15) is 104 Å². The Balaban J connectivity index is 3.57. The van der Waals surface area contributed by atoms with Crippen molar-refractivity contribution >= 4 is 11.9 Å². The predicted molar refractivity (Wildman–Crippen MR) is 102 cm³/mol. The van der Waals surface area contributed by atoms with Crippen LogP contribution in [0.2, 0.25) is 0 Å². The molecule has 0 aliphatic heterocycles. The van der Waals surface area contributed by atoms with Crippen LogP contribution in [0.4, 0.5) is 0 Å². The average Bonchev–Trinajstić information content (AvgIpc) is 2.59. The number of rotatable bonds is 17. The lowest BCUT2D eigenvalue weighted by Crippen LogP contribution is -2.14. The van der Waals surface area contributed by atoms with E-state index in [0.717, 1.165) is 38.5 Å². The van der Waals surface area contributed by atoms with Crippen LogP contribution in [0.5, 0.6) is 0 Å². The summed E-state index contributed by atoms with van der Waals surface area (Å²) < 4.78 is 10.5. The first kappa shape index (κ1) is 23.9. The molecule has 0 aromatic rings. The van der Waals surface area contributed by atoms with Gasteiger partial charge in [-0.1, -0.05) is 65.7 Å². The van der Waals surface area contributed by atoms with Crippen molar-refractivity contribution in [1.29, 1.82) is 0 Å². The van der Waals surface area contributed by atoms with Gasteiger partial charge in [-0.3, -0.25) is 9.59 Å². The highest BCUT2D eigenvalue weighted by Crippen LogP contribution is 2.14. The summed E-state index contributed by atoms with van der Waals surface area (Å²) in [6.07, 6.45) is 12.6. The van der Waals surface area contributed by atoms with E-state index in [1.54, 1.807) is 0 Å². The molecule has 4 nitrogen and oxygen atoms in total. The van der Waals surface area contributed by atoms with Gasteiger partial charge in [0, 0.05) is 12.8 Å². The summed E-state index contributed by atoms with van der Waals surface area (Å²) in [5, 5.41) is 0. The Labute approximate surface area is 155 Å². The van der Waals surface area contributed by atoms with Crippen LogP contribution < -0.4 is 0 Å². The molecule has 0 radical (unpaired) electrons. The molecule has 0 N–H and O–H groups in total. The molecule has 0 aliphatic rings. The fraction of sp³-hybridized carbons (Fsp3) is 0.905. The second-order valence-electron chi connectivity index (χ2n) is 6.97. The van der Waals surface area contributed by atoms with Crippen molar-refractivity contribution in [1.82, 2.24) is 0 Å². The number of esters is 2. The molecule has 0 spiro atoms. The summed E-state index contributed by atoms with van der Waals surface area (Å²) in [6.45, 7) is 7.53. The van der Waals surface area contributed by atoms with E-state index in [9.17, 15) is 9.59 Å². The standard InChI is InChI=1S/C21H40O4/c1-4-7-8-9-10-11-17-24-20(22)15-12-16-21(23)25-18-19(13-5-2)14-6-3/h19H,4-18H2,1-3H3. The molecule has 25 heavy (non-hydrogen) atoms. The highest BCUT2D eigenvalue weighted by atomic mass is 16.5. The van der Waals surface area contributed by atoms with Gasteiger partial charge in [-0.05, 0) is 31.6 Å². The SMILES string of the molecule is CCCCCCCCOC(=O)CCCC(=O)OCC(CCC)CCC. The smallest absolute Gasteiger partial charge is 0.305 e. The lowest BCUT2D eigenvalue weighted by atomic mass is 9.99. The van der Waals surface area contributed by atoms with Gasteiger partial charge in [0.25, 0.3) is 0 Å². The van der Waals surface area contributed by atoms with Gasteiger partial charge >= 0.3 is 11.9 Å². The van der Waals surface area contributed by atoms with Gasteiger partial charge in [0.15, 0.2) is 0 Å². The number of hydrogen-bond donors (Lipinski definition) is 0. The van der Waals surface area contributed by atoms with Crippen molar-refractivity contribution in [3.63, 3.8) is 0 Å². The van der Waals surface area contributed by atoms with E-state index in [1.807, 2.05) is 0 Å². The van der Waals surface area contributed by atoms with Gasteiger partial charge in [0.2, 0.25) is 0 Å². The van der Waals surface area contributed by atoms with E-state index < -0.39 is 0 Å². The van der Waals surface area contributed by atoms with Crippen LogP contribution in [-0.2, 0) is 19.1 Å². The van der Waals surface area contributed by atoms with Crippen molar-refractivity contribution in [3.05, 3.63) is 0 Å². The molecule has 0 saturated carbocycles. The van der Waals surface area contributed by atoms with Crippen LogP contribution in [0.25, 0.3) is 0 Å². The molecule has 0 bridgehead atoms. The van der Waals surface area contributed by atoms with E-state index in [2.05, 4.69) is 20.8 Å². The minimum Gasteiger partial charge on any atom is -0.466 e. The summed E-state index contributed by atoms with van der Waals surface area (Å²) in [7, 11) is 0. The van der Waals surface area contributed by atoms with Gasteiger partial charge in [-0.2, -0.15) is 0 Å². The molecule has 0 saturated heterocycles. The van der Waals surface area contributed by atoms with Crippen molar-refractivity contribution < 1.29 is 19.1 Å². The maximum absolute atomic E-state index is 11.7. The van der Waals surface area contributed by atoms with E-state index in [-0.39, 0.29) is 11.9 Å². The molecule has 0 heterocycles. The number of carbonyl (C=O) groups is 2. The first-order chi connectivity index (χ1) is 12.1. The molecule has 0 amide bonds. The quantitative estimate of drug-likeness (QED) is 0.243. The molecule has 0 rings (SSSR count). The predicted octanol–water partition coefficient (Wildman–Crippen LogP) is 5.82. The number of unbranched alkanes of at least 4 members (excludes halogenated alkanes) is 5. The van der Waals surface area contributed by atoms with Gasteiger partial charge in [0.05, 0.1) is 13.2 Å². The maximum atomic E-state index is 11.7. The fourth-order valence-electron chi connectivity index (χ4n) is 2.93. The zero-order valence-corrected chi connectivity index (χ0v) is 16.8. The van der Waals surface area contributed by atoms with Crippen molar-refractivity contribution in [2.24, 2.45) is 5.92 Å². The molecule has 0 atom stereocenters. The zero-order valence-electron chi connectivity index (χ0n) is 16.8. The highest BCUT2D eigenvalue weighted by Gasteiger charge is 2.11. The summed E-state index contributed by atoms with van der Waals surface area (Å²) >= 11 is 0. The molecule has 0 unspecified atom stereocenters. The van der Waals surface area contributed by atoms with Crippen LogP contribution in [0, 0.1) is 5.92 Å². The Hall–Kier alpha value is -1.06. The zero-order chi connectivity index (χ0) is 18.8. The lowest BCUT2D eigenvalue weighted by Gasteiger charge is -2.15. The van der Waals surface area contributed by atoms with Crippen LogP contribution in [-0.4, -0.2) is 25.2 Å². The van der Waals surface area contributed by atoms with E-state index in [1.165, 1.54) is 25.7 Å². The summed E-state index contributed by atoms with van der Waals surface area (Å²) in [6, 6.07) is 0. The Kier molecular flexibility index (Phi) is 17.0. The fourth-order valence-corrected chi connectivity index (χ4v) is 2.93. The van der Waals surface area contributed by atoms with E-state index >= 15 is 0 Å². The largest absolute Gasteiger partial charge is 0.466 e. The molecule has 0 aliphatic carbocycles. The molecule has 4 heteroatoms. The third kappa shape index (κ3) is 16.2. The Morgan fingerprint density at radius 2 is 1.24 bits per heavy atom. The maximum Gasteiger partial charge on any atom is 0.305 e. The molecule has 0 aromatic heterocycles. The first-order valence-electron chi connectivity index (χ1n) is 10.4. The number of hydrogen-bond acceptors (Lipinski definition) is 4. The molecular formula is C21H40O4. The van der Waals surface area contributed by atoms with Gasteiger partial charge in [0.1, 0.15) is 0 Å². The summed E-state index contributed by atoms with van der Waals surface area (Å²) in [5.74, 6) is 0.0818. The van der Waals surface area contributed by atoms with Crippen molar-refractivity contribution in [2.45, 2.75) is 104 Å². The van der Waals surface area contributed by atoms with Crippen LogP contribution in [0.3, 0.4) is 0 Å². The Morgan fingerprint density at radius 3 is 1.84 bits per heavy atom. The van der Waals surface area contributed by atoms with Gasteiger partial charge < -0.3 is 9.47 Å². The van der Waals surface area contributed by atoms with Crippen LogP contribution >= 0.6 is 0 Å². The van der Waals surface area contributed by atoms with Crippen molar-refractivity contribution in [3.8, 4) is 0 Å². The Morgan fingerprint density at radius 1 is 0.680 bits per heavy atom. The highest BCUT2D eigenvalue weighted by molar-refractivity contribution is 5.72. The van der Waals surface area contributed by atoms with Gasteiger partial charge in [-0.25, -0.2) is 0 Å². The minimum atomic E-state index is -0.198. The molecular weight excluding hydrogens is 316 g/mol. The van der Waals surface area contributed by atoms with Crippen LogP contribution in [0.15, 0.2) is 0 Å². The molecule has 0 aromatic carbocycles. The first-order valence-corrected chi connectivity index (χ1v) is 10.4. The Bertz CT molecular complexity index is 322. The number of carbonyl (C=O) groups excluding carboxylic acids is 2. The summed E-state index contributed by atoms with van der Waals surface area (Å²) in [5.41, 5.74) is 0. The third-order valence-corrected chi connectivity index (χ3v) is 4.40. The van der Waals surface area contributed by atoms with E-state index in [0.29, 0.717) is 38.4 Å². The lowest BCUT2D eigenvalue weighted by molar-refractivity contribution is -0.146.